The van der Waals surface area contributed by atoms with Crippen molar-refractivity contribution in [1.29, 1.82) is 0 Å². The second-order valence-electron chi connectivity index (χ2n) is 11.8. The van der Waals surface area contributed by atoms with Crippen LogP contribution < -0.4 is 0 Å². The van der Waals surface area contributed by atoms with Crippen LogP contribution >= 0.6 is 0 Å². The predicted octanol–water partition coefficient (Wildman–Crippen LogP) is 1.54. The molecule has 0 unspecified atom stereocenters. The van der Waals surface area contributed by atoms with Crippen LogP contribution in [0.5, 0.6) is 0 Å². The highest BCUT2D eigenvalue weighted by Gasteiger charge is 2.87. The number of carbonyl (C=O) groups excluding carboxylic acids is 5. The van der Waals surface area contributed by atoms with Gasteiger partial charge in [0.15, 0.2) is 17.3 Å². The summed E-state index contributed by atoms with van der Waals surface area (Å²) in [6, 6.07) is 0. The third-order valence-corrected chi connectivity index (χ3v) is 9.03. The Morgan fingerprint density at radius 3 is 2.00 bits per heavy atom. The number of ether oxygens (including phenoxy) is 6. The molecule has 2 aliphatic carbocycles. The Kier molecular flexibility index (Phi) is 7.59. The lowest BCUT2D eigenvalue weighted by Gasteiger charge is -2.57. The zero-order valence-corrected chi connectivity index (χ0v) is 24.0. The topological polar surface area (TPSA) is 164 Å². The second-order valence-corrected chi connectivity index (χ2v) is 11.8. The Balaban J connectivity index is 2.06. The highest BCUT2D eigenvalue weighted by atomic mass is 16.7. The Bertz CT molecular complexity index is 1150. The lowest BCUT2D eigenvalue weighted by Crippen LogP contribution is -2.68. The van der Waals surface area contributed by atoms with Gasteiger partial charge in [-0.2, -0.15) is 0 Å². The summed E-state index contributed by atoms with van der Waals surface area (Å²) < 4.78 is 35.3. The van der Waals surface area contributed by atoms with E-state index in [1.807, 2.05) is 0 Å². The van der Waals surface area contributed by atoms with E-state index in [0.717, 1.165) is 0 Å². The molecule has 1 saturated carbocycles. The van der Waals surface area contributed by atoms with E-state index in [0.29, 0.717) is 5.57 Å². The molecule has 2 aliphatic heterocycles. The number of rotatable bonds is 4. The van der Waals surface area contributed by atoms with Gasteiger partial charge in [0.05, 0.1) is 11.5 Å². The highest BCUT2D eigenvalue weighted by Crippen LogP contribution is 2.65. The largest absolute Gasteiger partial charge is 0.462 e. The van der Waals surface area contributed by atoms with Gasteiger partial charge in [-0.25, -0.2) is 4.79 Å². The number of epoxide rings is 1. The molecule has 222 valence electrons. The van der Waals surface area contributed by atoms with E-state index in [-0.39, 0.29) is 12.8 Å². The van der Waals surface area contributed by atoms with Gasteiger partial charge in [-0.05, 0) is 25.8 Å². The summed E-state index contributed by atoms with van der Waals surface area (Å²) in [7, 11) is 0. The normalized spacial score (nSPS) is 45.2. The van der Waals surface area contributed by atoms with Crippen molar-refractivity contribution in [3.05, 3.63) is 11.6 Å². The molecule has 12 heteroatoms. The van der Waals surface area contributed by atoms with Gasteiger partial charge >= 0.3 is 29.8 Å². The summed E-state index contributed by atoms with van der Waals surface area (Å²) in [5.41, 5.74) is -3.76. The average molecular weight is 567 g/mol. The van der Waals surface area contributed by atoms with Crippen molar-refractivity contribution in [2.24, 2.45) is 17.3 Å². The van der Waals surface area contributed by atoms with Crippen molar-refractivity contribution in [2.75, 3.05) is 0 Å². The fraction of sp³-hybridized carbons (Fsp3) is 0.750. The van der Waals surface area contributed by atoms with Crippen molar-refractivity contribution in [2.45, 2.75) is 116 Å². The fourth-order valence-electron chi connectivity index (χ4n) is 7.32. The maximum atomic E-state index is 13.1. The number of aliphatic hydroxyl groups is 1. The van der Waals surface area contributed by atoms with Crippen LogP contribution in [0.25, 0.3) is 0 Å². The minimum Gasteiger partial charge on any atom is -0.462 e. The van der Waals surface area contributed by atoms with Gasteiger partial charge in [0.1, 0.15) is 24.4 Å². The van der Waals surface area contributed by atoms with Crippen molar-refractivity contribution >= 4 is 29.8 Å². The van der Waals surface area contributed by atoms with Gasteiger partial charge < -0.3 is 33.5 Å². The van der Waals surface area contributed by atoms with Crippen LogP contribution in [0.4, 0.5) is 0 Å². The van der Waals surface area contributed by atoms with Crippen molar-refractivity contribution in [1.82, 2.24) is 0 Å². The first-order chi connectivity index (χ1) is 18.5. The summed E-state index contributed by atoms with van der Waals surface area (Å²) in [6.45, 7) is 11.6. The van der Waals surface area contributed by atoms with Gasteiger partial charge in [-0.1, -0.05) is 19.4 Å². The summed E-state index contributed by atoms with van der Waals surface area (Å²) in [5, 5.41) is 11.3. The molecule has 0 aromatic heterocycles. The number of hydrogen-bond acceptors (Lipinski definition) is 12. The first kappa shape index (κ1) is 30.0. The molecule has 4 aliphatic rings. The molecule has 1 spiro atoms. The smallest absolute Gasteiger partial charge is 0.342 e. The number of esters is 5. The minimum atomic E-state index is -1.48. The number of hydrogen-bond donors (Lipinski definition) is 1. The molecule has 2 heterocycles. The molecule has 4 rings (SSSR count). The monoisotopic (exact) mass is 566 g/mol. The van der Waals surface area contributed by atoms with Crippen LogP contribution in [-0.4, -0.2) is 82.8 Å². The van der Waals surface area contributed by atoms with Crippen LogP contribution in [0, 0.1) is 17.3 Å². The number of carbonyl (C=O) groups is 5. The quantitative estimate of drug-likeness (QED) is 0.226. The Morgan fingerprint density at radius 2 is 1.48 bits per heavy atom. The zero-order chi connectivity index (χ0) is 29.9. The van der Waals surface area contributed by atoms with E-state index in [4.69, 9.17) is 28.4 Å². The van der Waals surface area contributed by atoms with Crippen LogP contribution in [0.2, 0.25) is 0 Å². The molecular formula is C28H38O12. The van der Waals surface area contributed by atoms with Crippen LogP contribution in [0.3, 0.4) is 0 Å². The number of fused-ring (bicyclic) bond motifs is 1. The molecule has 12 nitrogen and oxygen atoms in total. The lowest BCUT2D eigenvalue weighted by molar-refractivity contribution is -0.245. The van der Waals surface area contributed by atoms with Crippen molar-refractivity contribution < 1.29 is 57.5 Å². The molecule has 3 fully saturated rings. The third-order valence-electron chi connectivity index (χ3n) is 9.03. The Labute approximate surface area is 232 Å². The van der Waals surface area contributed by atoms with Crippen LogP contribution in [0.1, 0.15) is 68.2 Å². The molecule has 0 bridgehead atoms. The van der Waals surface area contributed by atoms with E-state index in [2.05, 4.69) is 0 Å². The van der Waals surface area contributed by atoms with Crippen molar-refractivity contribution in [3.8, 4) is 0 Å². The molecule has 40 heavy (non-hydrogen) atoms. The Hall–Kier alpha value is -2.99. The van der Waals surface area contributed by atoms with Gasteiger partial charge in [0.2, 0.25) is 0 Å². The maximum Gasteiger partial charge on any atom is 0.342 e. The summed E-state index contributed by atoms with van der Waals surface area (Å²) >= 11 is 0. The maximum absolute atomic E-state index is 13.1. The van der Waals surface area contributed by atoms with E-state index in [9.17, 15) is 29.1 Å². The first-order valence-corrected chi connectivity index (χ1v) is 13.4. The average Bonchev–Trinajstić information content (AvgIpc) is 3.40. The zero-order valence-electron chi connectivity index (χ0n) is 24.0. The van der Waals surface area contributed by atoms with Crippen LogP contribution in [0.15, 0.2) is 11.6 Å². The molecule has 11 atom stereocenters. The van der Waals surface area contributed by atoms with Gasteiger partial charge in [0.25, 0.3) is 0 Å². The third kappa shape index (κ3) is 4.58. The van der Waals surface area contributed by atoms with Crippen molar-refractivity contribution in [3.63, 3.8) is 0 Å². The molecule has 0 radical (unpaired) electrons. The fourth-order valence-corrected chi connectivity index (χ4v) is 7.32. The molecule has 1 N–H and O–H groups in total. The van der Waals surface area contributed by atoms with Gasteiger partial charge in [-0.15, -0.1) is 0 Å². The highest BCUT2D eigenvalue weighted by molar-refractivity contribution is 5.89. The molecule has 2 saturated heterocycles. The molecule has 0 aromatic carbocycles. The van der Waals surface area contributed by atoms with Crippen LogP contribution in [-0.2, 0) is 52.4 Å². The SMILES string of the molecule is CC(=O)O[C@H]1C/C(C)=C\[C@@H]2OC(=O)[C@]3(C)O[C@]23[C@@H](OC(C)=O)[C@H]2[C@@H](C)[C@@H](O)C[C@H](OC(C)=O)[C@]2(C)[C@H]1OC(C)=O. The van der Waals surface area contributed by atoms with E-state index >= 15 is 0 Å². The molecule has 0 amide bonds. The summed E-state index contributed by atoms with van der Waals surface area (Å²) in [4.78, 5) is 62.9. The summed E-state index contributed by atoms with van der Waals surface area (Å²) in [6.07, 6.45) is -4.96. The lowest BCUT2D eigenvalue weighted by atomic mass is 9.53. The first-order valence-electron chi connectivity index (χ1n) is 13.4. The molecule has 0 aromatic rings. The van der Waals surface area contributed by atoms with E-state index in [1.165, 1.54) is 27.7 Å². The Morgan fingerprint density at radius 1 is 0.925 bits per heavy atom. The van der Waals surface area contributed by atoms with E-state index < -0.39 is 94.9 Å². The minimum absolute atomic E-state index is 0.0378. The van der Waals surface area contributed by atoms with Gasteiger partial charge in [0, 0.05) is 46.5 Å². The number of aliphatic hydroxyl groups excluding tert-OH is 1. The molecular weight excluding hydrogens is 528 g/mol. The van der Waals surface area contributed by atoms with Gasteiger partial charge in [-0.3, -0.25) is 19.2 Å². The second kappa shape index (κ2) is 10.1. The predicted molar refractivity (Wildman–Crippen MR) is 134 cm³/mol. The standard InChI is InChI=1S/C28H38O12/c1-12-9-19(35-14(3)29)23(37-16(5)31)26(7)20(36-15(4)30)11-18(33)13(2)22(26)24(38-17(6)32)28-21(10-12)39-25(34)27(28,8)40-28/h10,13,18-24,33H,9,11H2,1-8H3/b12-10-/t13-,18-,19-,20-,21-,22+,23-,24-,26-,27-,28-/m0/s1. The summed E-state index contributed by atoms with van der Waals surface area (Å²) in [5.74, 6) is -4.93. The van der Waals surface area contributed by atoms with E-state index in [1.54, 1.807) is 33.8 Å².